The molecule has 0 fully saturated rings. The number of nitro benzene ring substituents is 1. The second-order valence-electron chi connectivity index (χ2n) is 5.22. The Balaban J connectivity index is 3.07. The van der Waals surface area contributed by atoms with Gasteiger partial charge in [-0.2, -0.15) is 0 Å². The van der Waals surface area contributed by atoms with Crippen LogP contribution in [0.2, 0.25) is 0 Å². The van der Waals surface area contributed by atoms with Gasteiger partial charge in [0.15, 0.2) is 11.5 Å². The molecule has 1 atom stereocenters. The predicted molar refractivity (Wildman–Crippen MR) is 69.1 cm³/mol. The van der Waals surface area contributed by atoms with Gasteiger partial charge in [-0.15, -0.1) is 0 Å². The predicted octanol–water partition coefficient (Wildman–Crippen LogP) is 2.05. The molecule has 1 aromatic rings. The molecule has 7 heteroatoms. The zero-order valence-corrected chi connectivity index (χ0v) is 10.9. The summed E-state index contributed by atoms with van der Waals surface area (Å²) in [5.41, 5.74) is 4.21. The number of para-hydroxylation sites is 1. The maximum Gasteiger partial charge on any atom is 0.295 e. The van der Waals surface area contributed by atoms with Crippen molar-refractivity contribution in [3.8, 4) is 0 Å². The first-order valence-corrected chi connectivity index (χ1v) is 5.64. The SMILES string of the molecule is CC(C)(C)[C@@H](N)C(=O)Nc1c(F)cccc1[N+](=O)[O-]. The first-order chi connectivity index (χ1) is 8.64. The Hall–Kier alpha value is -2.02. The van der Waals surface area contributed by atoms with Crippen LogP contribution in [0.25, 0.3) is 0 Å². The summed E-state index contributed by atoms with van der Waals surface area (Å²) in [6, 6.07) is 2.44. The quantitative estimate of drug-likeness (QED) is 0.648. The third-order valence-corrected chi connectivity index (χ3v) is 2.65. The van der Waals surface area contributed by atoms with E-state index in [1.807, 2.05) is 0 Å². The van der Waals surface area contributed by atoms with E-state index in [-0.39, 0.29) is 0 Å². The highest BCUT2D eigenvalue weighted by Crippen LogP contribution is 2.28. The summed E-state index contributed by atoms with van der Waals surface area (Å²) < 4.78 is 13.6. The summed E-state index contributed by atoms with van der Waals surface area (Å²) in [6.45, 7) is 5.23. The van der Waals surface area contributed by atoms with E-state index in [4.69, 9.17) is 5.73 Å². The van der Waals surface area contributed by atoms with Crippen LogP contribution in [0.15, 0.2) is 18.2 Å². The molecule has 1 amide bonds. The van der Waals surface area contributed by atoms with Crippen LogP contribution in [0.4, 0.5) is 15.8 Å². The summed E-state index contributed by atoms with van der Waals surface area (Å²) in [7, 11) is 0. The van der Waals surface area contributed by atoms with E-state index in [1.165, 1.54) is 6.07 Å². The summed E-state index contributed by atoms with van der Waals surface area (Å²) in [6.07, 6.45) is 0. The zero-order valence-electron chi connectivity index (χ0n) is 10.9. The number of carbonyl (C=O) groups is 1. The molecule has 0 aliphatic heterocycles. The molecule has 3 N–H and O–H groups in total. The minimum Gasteiger partial charge on any atom is -0.319 e. The molecule has 0 bridgehead atoms. The number of rotatable bonds is 3. The Kier molecular flexibility index (Phi) is 4.21. The van der Waals surface area contributed by atoms with Crippen LogP contribution < -0.4 is 11.1 Å². The first-order valence-electron chi connectivity index (χ1n) is 5.64. The van der Waals surface area contributed by atoms with Gasteiger partial charge in [0, 0.05) is 6.07 Å². The summed E-state index contributed by atoms with van der Waals surface area (Å²) >= 11 is 0. The molecule has 0 saturated carbocycles. The molecule has 0 radical (unpaired) electrons. The minimum atomic E-state index is -0.910. The number of nitrogens with zero attached hydrogens (tertiary/aromatic N) is 1. The van der Waals surface area contributed by atoms with E-state index < -0.39 is 39.5 Å². The second-order valence-corrected chi connectivity index (χ2v) is 5.22. The first kappa shape index (κ1) is 15.0. The van der Waals surface area contributed by atoms with E-state index in [0.717, 1.165) is 12.1 Å². The van der Waals surface area contributed by atoms with Gasteiger partial charge in [0.25, 0.3) is 5.69 Å². The Morgan fingerprint density at radius 3 is 2.53 bits per heavy atom. The number of nitrogens with two attached hydrogens (primary N) is 1. The third-order valence-electron chi connectivity index (χ3n) is 2.65. The van der Waals surface area contributed by atoms with Gasteiger partial charge < -0.3 is 11.1 Å². The Bertz CT molecular complexity index is 511. The van der Waals surface area contributed by atoms with Crippen LogP contribution in [0.5, 0.6) is 0 Å². The molecule has 1 aromatic carbocycles. The second kappa shape index (κ2) is 5.31. The summed E-state index contributed by atoms with van der Waals surface area (Å²) in [5.74, 6) is -1.54. The Morgan fingerprint density at radius 1 is 1.47 bits per heavy atom. The van der Waals surface area contributed by atoms with Crippen LogP contribution in [0.1, 0.15) is 20.8 Å². The highest BCUT2D eigenvalue weighted by Gasteiger charge is 2.29. The van der Waals surface area contributed by atoms with Crippen molar-refractivity contribution in [3.63, 3.8) is 0 Å². The van der Waals surface area contributed by atoms with Gasteiger partial charge in [0.1, 0.15) is 0 Å². The number of nitrogens with one attached hydrogen (secondary N) is 1. The molecule has 1 rings (SSSR count). The standard InChI is InChI=1S/C12H16FN3O3/c1-12(2,3)10(14)11(17)15-9-7(13)5-4-6-8(9)16(18)19/h4-6,10H,14H2,1-3H3,(H,15,17)/t10-/m0/s1. The van der Waals surface area contributed by atoms with Gasteiger partial charge >= 0.3 is 0 Å². The fraction of sp³-hybridized carbons (Fsp3) is 0.417. The fourth-order valence-electron chi connectivity index (χ4n) is 1.38. The highest BCUT2D eigenvalue weighted by molar-refractivity contribution is 5.97. The van der Waals surface area contributed by atoms with Crippen molar-refractivity contribution >= 4 is 17.3 Å². The molecule has 0 aromatic heterocycles. The molecular formula is C12H16FN3O3. The van der Waals surface area contributed by atoms with Crippen LogP contribution in [-0.2, 0) is 4.79 Å². The minimum absolute atomic E-state index is 0.461. The largest absolute Gasteiger partial charge is 0.319 e. The average molecular weight is 269 g/mol. The van der Waals surface area contributed by atoms with Crippen LogP contribution in [-0.4, -0.2) is 16.9 Å². The molecule has 19 heavy (non-hydrogen) atoms. The highest BCUT2D eigenvalue weighted by atomic mass is 19.1. The molecule has 6 nitrogen and oxygen atoms in total. The van der Waals surface area contributed by atoms with Crippen molar-refractivity contribution in [3.05, 3.63) is 34.1 Å². The number of halogens is 1. The molecule has 0 heterocycles. The van der Waals surface area contributed by atoms with Crippen LogP contribution in [0, 0.1) is 21.3 Å². The molecule has 0 aliphatic carbocycles. The number of benzene rings is 1. The monoisotopic (exact) mass is 269 g/mol. The number of carbonyl (C=O) groups excluding carboxylic acids is 1. The van der Waals surface area contributed by atoms with E-state index in [1.54, 1.807) is 20.8 Å². The van der Waals surface area contributed by atoms with Crippen LogP contribution in [0.3, 0.4) is 0 Å². The maximum atomic E-state index is 13.6. The van der Waals surface area contributed by atoms with Gasteiger partial charge in [-0.3, -0.25) is 14.9 Å². The van der Waals surface area contributed by atoms with Gasteiger partial charge in [-0.25, -0.2) is 4.39 Å². The third kappa shape index (κ3) is 3.47. The zero-order chi connectivity index (χ0) is 14.8. The number of nitro groups is 1. The number of hydrogen-bond acceptors (Lipinski definition) is 4. The van der Waals surface area contributed by atoms with Crippen molar-refractivity contribution in [2.45, 2.75) is 26.8 Å². The van der Waals surface area contributed by atoms with E-state index in [0.29, 0.717) is 0 Å². The van der Waals surface area contributed by atoms with E-state index in [2.05, 4.69) is 5.32 Å². The van der Waals surface area contributed by atoms with Crippen LogP contribution >= 0.6 is 0 Å². The lowest BCUT2D eigenvalue weighted by atomic mass is 9.87. The van der Waals surface area contributed by atoms with Gasteiger partial charge in [-0.1, -0.05) is 26.8 Å². The van der Waals surface area contributed by atoms with Crippen molar-refractivity contribution in [2.75, 3.05) is 5.32 Å². The van der Waals surface area contributed by atoms with E-state index in [9.17, 15) is 19.3 Å². The van der Waals surface area contributed by atoms with Crippen molar-refractivity contribution < 1.29 is 14.1 Å². The number of amides is 1. The average Bonchev–Trinajstić information content (AvgIpc) is 2.29. The number of anilines is 1. The lowest BCUT2D eigenvalue weighted by Gasteiger charge is -2.25. The molecule has 0 aliphatic rings. The normalized spacial score (nSPS) is 12.9. The lowest BCUT2D eigenvalue weighted by Crippen LogP contribution is -2.45. The summed E-state index contributed by atoms with van der Waals surface area (Å²) in [4.78, 5) is 21.9. The molecule has 104 valence electrons. The van der Waals surface area contributed by atoms with Gasteiger partial charge in [0.05, 0.1) is 11.0 Å². The molecular weight excluding hydrogens is 253 g/mol. The summed E-state index contributed by atoms with van der Waals surface area (Å²) in [5, 5.41) is 13.0. The number of hydrogen-bond donors (Lipinski definition) is 2. The Labute approximate surface area is 109 Å². The molecule has 0 spiro atoms. The topological polar surface area (TPSA) is 98.3 Å². The van der Waals surface area contributed by atoms with Gasteiger partial charge in [-0.05, 0) is 11.5 Å². The van der Waals surface area contributed by atoms with Crippen molar-refractivity contribution in [1.82, 2.24) is 0 Å². The fourth-order valence-corrected chi connectivity index (χ4v) is 1.38. The molecule has 0 saturated heterocycles. The lowest BCUT2D eigenvalue weighted by molar-refractivity contribution is -0.384. The maximum absolute atomic E-state index is 13.6. The van der Waals surface area contributed by atoms with E-state index >= 15 is 0 Å². The van der Waals surface area contributed by atoms with Gasteiger partial charge in [0.2, 0.25) is 5.91 Å². The smallest absolute Gasteiger partial charge is 0.295 e. The van der Waals surface area contributed by atoms with Crippen molar-refractivity contribution in [2.24, 2.45) is 11.1 Å². The molecule has 0 unspecified atom stereocenters. The Morgan fingerprint density at radius 2 is 2.05 bits per heavy atom. The van der Waals surface area contributed by atoms with Crippen molar-refractivity contribution in [1.29, 1.82) is 0 Å².